The number of aromatic nitrogens is 2. The topological polar surface area (TPSA) is 79.1 Å². The summed E-state index contributed by atoms with van der Waals surface area (Å²) in [6.07, 6.45) is 4.62. The molecule has 3 rings (SSSR count). The van der Waals surface area contributed by atoms with Gasteiger partial charge in [-0.1, -0.05) is 13.8 Å². The number of fused-ring (bicyclic) bond motifs is 1. The maximum atomic E-state index is 12.4. The third kappa shape index (κ3) is 4.59. The molecule has 0 unspecified atom stereocenters. The summed E-state index contributed by atoms with van der Waals surface area (Å²) in [5.74, 6) is 0.0422. The van der Waals surface area contributed by atoms with Crippen LogP contribution in [0.5, 0.6) is 0 Å². The van der Waals surface area contributed by atoms with Gasteiger partial charge >= 0.3 is 5.97 Å². The molecule has 6 nitrogen and oxygen atoms in total. The standard InChI is InChI=1S/C22H28N4O2/c1-21(2,3)28-18(27)10-15-11-22(4,5)14-26(13-15)17-7-6-16(12-23)19-20(17)25-9-8-24-19/h6-9,15H,10-11,13-14H2,1-5H3/t15-/m1/s1. The van der Waals surface area contributed by atoms with Gasteiger partial charge in [0.25, 0.3) is 0 Å². The molecule has 0 aliphatic carbocycles. The second-order valence-electron chi connectivity index (χ2n) is 9.40. The summed E-state index contributed by atoms with van der Waals surface area (Å²) in [4.78, 5) is 23.5. The second-order valence-corrected chi connectivity index (χ2v) is 9.40. The first-order chi connectivity index (χ1) is 13.1. The quantitative estimate of drug-likeness (QED) is 0.746. The van der Waals surface area contributed by atoms with E-state index in [4.69, 9.17) is 4.74 Å². The third-order valence-electron chi connectivity index (χ3n) is 4.88. The molecule has 2 heterocycles. The molecule has 148 valence electrons. The minimum absolute atomic E-state index is 0.0490. The van der Waals surface area contributed by atoms with E-state index in [1.54, 1.807) is 18.5 Å². The second kappa shape index (κ2) is 7.38. The molecule has 1 aromatic carbocycles. The van der Waals surface area contributed by atoms with Crippen LogP contribution in [0.2, 0.25) is 0 Å². The Morgan fingerprint density at radius 3 is 2.61 bits per heavy atom. The minimum Gasteiger partial charge on any atom is -0.460 e. The summed E-state index contributed by atoms with van der Waals surface area (Å²) in [5, 5.41) is 9.37. The van der Waals surface area contributed by atoms with Crippen LogP contribution >= 0.6 is 0 Å². The highest BCUT2D eigenvalue weighted by Gasteiger charge is 2.35. The molecule has 0 N–H and O–H groups in total. The average molecular weight is 380 g/mol. The number of anilines is 1. The van der Waals surface area contributed by atoms with E-state index in [1.165, 1.54) is 0 Å². The number of carbonyl (C=O) groups excluding carboxylic acids is 1. The van der Waals surface area contributed by atoms with E-state index in [0.717, 1.165) is 30.7 Å². The highest BCUT2D eigenvalue weighted by atomic mass is 16.6. The van der Waals surface area contributed by atoms with Crippen LogP contribution in [0.1, 0.15) is 53.0 Å². The van der Waals surface area contributed by atoms with Gasteiger partial charge in [-0.3, -0.25) is 14.8 Å². The molecule has 0 saturated carbocycles. The van der Waals surface area contributed by atoms with Crippen molar-refractivity contribution in [3.63, 3.8) is 0 Å². The van der Waals surface area contributed by atoms with Crippen LogP contribution in [0.15, 0.2) is 24.5 Å². The Balaban J connectivity index is 1.89. The van der Waals surface area contributed by atoms with Crippen LogP contribution in [0.3, 0.4) is 0 Å². The van der Waals surface area contributed by atoms with E-state index in [1.807, 2.05) is 26.8 Å². The number of benzene rings is 1. The third-order valence-corrected chi connectivity index (χ3v) is 4.88. The van der Waals surface area contributed by atoms with Gasteiger partial charge < -0.3 is 9.64 Å². The number of piperidine rings is 1. The molecule has 1 aromatic heterocycles. The van der Waals surface area contributed by atoms with Crippen LogP contribution in [-0.2, 0) is 9.53 Å². The maximum Gasteiger partial charge on any atom is 0.306 e. The van der Waals surface area contributed by atoms with Gasteiger partial charge in [0.05, 0.1) is 17.7 Å². The van der Waals surface area contributed by atoms with Gasteiger partial charge in [0.2, 0.25) is 0 Å². The predicted molar refractivity (Wildman–Crippen MR) is 109 cm³/mol. The lowest BCUT2D eigenvalue weighted by Gasteiger charge is -2.43. The first-order valence-corrected chi connectivity index (χ1v) is 9.69. The molecular formula is C22H28N4O2. The van der Waals surface area contributed by atoms with Gasteiger partial charge in [-0.05, 0) is 50.7 Å². The van der Waals surface area contributed by atoms with Crippen LogP contribution in [0.4, 0.5) is 5.69 Å². The van der Waals surface area contributed by atoms with Crippen LogP contribution < -0.4 is 4.90 Å². The minimum atomic E-state index is -0.472. The lowest BCUT2D eigenvalue weighted by molar-refractivity contribution is -0.156. The fraction of sp³-hybridized carbons (Fsp3) is 0.545. The van der Waals surface area contributed by atoms with Crippen molar-refractivity contribution in [1.82, 2.24) is 9.97 Å². The van der Waals surface area contributed by atoms with Crippen molar-refractivity contribution in [2.24, 2.45) is 11.3 Å². The van der Waals surface area contributed by atoms with Gasteiger partial charge in [0.15, 0.2) is 0 Å². The highest BCUT2D eigenvalue weighted by Crippen LogP contribution is 2.38. The summed E-state index contributed by atoms with van der Waals surface area (Å²) >= 11 is 0. The van der Waals surface area contributed by atoms with Crippen molar-refractivity contribution in [3.05, 3.63) is 30.1 Å². The smallest absolute Gasteiger partial charge is 0.306 e. The number of hydrogen-bond acceptors (Lipinski definition) is 6. The van der Waals surface area contributed by atoms with Crippen molar-refractivity contribution in [3.8, 4) is 6.07 Å². The molecule has 2 aromatic rings. The summed E-state index contributed by atoms with van der Waals surface area (Å²) in [5.41, 5.74) is 2.41. The lowest BCUT2D eigenvalue weighted by Crippen LogP contribution is -2.45. The molecule has 1 saturated heterocycles. The number of esters is 1. The normalized spacial score (nSPS) is 19.3. The Hall–Kier alpha value is -2.68. The van der Waals surface area contributed by atoms with Crippen molar-refractivity contribution in [2.45, 2.75) is 53.1 Å². The first-order valence-electron chi connectivity index (χ1n) is 9.69. The molecule has 0 amide bonds. The van der Waals surface area contributed by atoms with Gasteiger partial charge in [-0.2, -0.15) is 5.26 Å². The molecule has 0 spiro atoms. The molecule has 6 heteroatoms. The van der Waals surface area contributed by atoms with Gasteiger partial charge in [-0.15, -0.1) is 0 Å². The Morgan fingerprint density at radius 2 is 1.96 bits per heavy atom. The molecule has 1 aliphatic rings. The summed E-state index contributed by atoms with van der Waals surface area (Å²) in [6, 6.07) is 5.94. The number of ether oxygens (including phenoxy) is 1. The number of nitrogens with zero attached hydrogens (tertiary/aromatic N) is 4. The van der Waals surface area contributed by atoms with E-state index in [-0.39, 0.29) is 17.3 Å². The van der Waals surface area contributed by atoms with Crippen molar-refractivity contribution in [1.29, 1.82) is 5.26 Å². The zero-order valence-corrected chi connectivity index (χ0v) is 17.3. The van der Waals surface area contributed by atoms with E-state index in [2.05, 4.69) is 34.8 Å². The number of rotatable bonds is 3. The van der Waals surface area contributed by atoms with Gasteiger partial charge in [0, 0.05) is 25.5 Å². The number of carbonyl (C=O) groups is 1. The molecule has 28 heavy (non-hydrogen) atoms. The molecule has 1 atom stereocenters. The van der Waals surface area contributed by atoms with Crippen LogP contribution in [-0.4, -0.2) is 34.6 Å². The fourth-order valence-corrected chi connectivity index (χ4v) is 4.13. The van der Waals surface area contributed by atoms with Crippen LogP contribution in [0.25, 0.3) is 11.0 Å². The Morgan fingerprint density at radius 1 is 1.29 bits per heavy atom. The largest absolute Gasteiger partial charge is 0.460 e. The van der Waals surface area contributed by atoms with Gasteiger partial charge in [0.1, 0.15) is 22.7 Å². The zero-order valence-electron chi connectivity index (χ0n) is 17.3. The molecule has 1 fully saturated rings. The van der Waals surface area contributed by atoms with Crippen LogP contribution in [0, 0.1) is 22.7 Å². The summed E-state index contributed by atoms with van der Waals surface area (Å²) in [6.45, 7) is 11.7. The van der Waals surface area contributed by atoms with E-state index < -0.39 is 5.60 Å². The molecule has 0 bridgehead atoms. The molecular weight excluding hydrogens is 352 g/mol. The molecule has 1 aliphatic heterocycles. The molecule has 0 radical (unpaired) electrons. The monoisotopic (exact) mass is 380 g/mol. The van der Waals surface area contributed by atoms with Gasteiger partial charge in [-0.25, -0.2) is 0 Å². The van der Waals surface area contributed by atoms with Crippen molar-refractivity contribution < 1.29 is 9.53 Å². The Labute approximate surface area is 166 Å². The number of nitriles is 1. The SMILES string of the molecule is CC1(C)C[C@@H](CC(=O)OC(C)(C)C)CN(c2ccc(C#N)c3nccnc23)C1. The van der Waals surface area contributed by atoms with E-state index in [0.29, 0.717) is 17.5 Å². The maximum absolute atomic E-state index is 12.4. The van der Waals surface area contributed by atoms with Crippen molar-refractivity contribution >= 4 is 22.7 Å². The Kier molecular flexibility index (Phi) is 5.29. The van der Waals surface area contributed by atoms with Crippen molar-refractivity contribution in [2.75, 3.05) is 18.0 Å². The highest BCUT2D eigenvalue weighted by molar-refractivity contribution is 5.92. The summed E-state index contributed by atoms with van der Waals surface area (Å²) in [7, 11) is 0. The van der Waals surface area contributed by atoms with E-state index in [9.17, 15) is 10.1 Å². The first kappa shape index (κ1) is 20.1. The fourth-order valence-electron chi connectivity index (χ4n) is 4.13. The predicted octanol–water partition coefficient (Wildman–Crippen LogP) is 4.09. The number of hydrogen-bond donors (Lipinski definition) is 0. The zero-order chi connectivity index (χ0) is 20.5. The Bertz CT molecular complexity index is 924. The lowest BCUT2D eigenvalue weighted by atomic mass is 9.77. The van der Waals surface area contributed by atoms with E-state index >= 15 is 0 Å². The average Bonchev–Trinajstić information content (AvgIpc) is 2.57. The summed E-state index contributed by atoms with van der Waals surface area (Å²) < 4.78 is 5.53.